The third-order valence-corrected chi connectivity index (χ3v) is 19.2. The van der Waals surface area contributed by atoms with Crippen molar-refractivity contribution in [3.63, 3.8) is 0 Å². The van der Waals surface area contributed by atoms with Crippen LogP contribution in [0, 0.1) is 0 Å². The highest BCUT2D eigenvalue weighted by Crippen LogP contribution is 2.49. The molecule has 5 atom stereocenters. The highest BCUT2D eigenvalue weighted by molar-refractivity contribution is 8.29. The summed E-state index contributed by atoms with van der Waals surface area (Å²) in [6.45, 7) is 18.6. The van der Waals surface area contributed by atoms with Crippen molar-refractivity contribution < 1.29 is 46.7 Å². The minimum absolute atomic E-state index is 0.0252. The Morgan fingerprint density at radius 2 is 1.40 bits per heavy atom. The van der Waals surface area contributed by atoms with Gasteiger partial charge in [0.1, 0.15) is 60.8 Å². The summed E-state index contributed by atoms with van der Waals surface area (Å²) in [6.07, 6.45) is -2.11. The van der Waals surface area contributed by atoms with Crippen molar-refractivity contribution in [2.45, 2.75) is 89.8 Å². The van der Waals surface area contributed by atoms with Gasteiger partial charge < -0.3 is 44.9 Å². The number of aromatic amines is 1. The highest BCUT2D eigenvalue weighted by Gasteiger charge is 2.58. The Kier molecular flexibility index (Phi) is 16.9. The number of fused-ring (bicyclic) bond motifs is 1. The van der Waals surface area contributed by atoms with Crippen molar-refractivity contribution in [3.8, 4) is 17.2 Å². The fourth-order valence-corrected chi connectivity index (χ4v) is 11.4. The molecule has 3 heterocycles. The summed E-state index contributed by atoms with van der Waals surface area (Å²) in [7, 11) is -1.41. The number of amides is 1. The third-order valence-electron chi connectivity index (χ3n) is 13.4. The Balaban J connectivity index is 1.33. The fourth-order valence-electron chi connectivity index (χ4n) is 8.23. The Hall–Kier alpha value is -5.14. The molecule has 0 aliphatic carbocycles. The molecule has 19 heteroatoms. The van der Waals surface area contributed by atoms with E-state index in [0.29, 0.717) is 36.9 Å². The number of ether oxygens (including phenoxy) is 5. The lowest BCUT2D eigenvalue weighted by Gasteiger charge is -2.42. The van der Waals surface area contributed by atoms with Crippen LogP contribution in [0.25, 0.3) is 0 Å². The molecule has 1 saturated heterocycles. The van der Waals surface area contributed by atoms with E-state index in [9.17, 15) is 9.59 Å². The quantitative estimate of drug-likeness (QED) is 0.0169. The van der Waals surface area contributed by atoms with Crippen molar-refractivity contribution in [2.75, 3.05) is 57.3 Å². The molecule has 4 aromatic carbocycles. The first-order chi connectivity index (χ1) is 33.5. The van der Waals surface area contributed by atoms with Gasteiger partial charge in [0, 0.05) is 0 Å². The highest BCUT2D eigenvalue weighted by atomic mass is 32.7. The van der Waals surface area contributed by atoms with Gasteiger partial charge in [-0.1, -0.05) is 93.6 Å². The molecule has 70 heavy (non-hydrogen) atoms. The molecule has 1 radical (unpaired) electrons. The summed E-state index contributed by atoms with van der Waals surface area (Å²) in [4.78, 5) is 40.4. The zero-order valence-corrected chi connectivity index (χ0v) is 44.3. The number of para-hydroxylation sites is 1. The number of rotatable bonds is 22. The first kappa shape index (κ1) is 52.7. The Morgan fingerprint density at radius 1 is 0.843 bits per heavy atom. The minimum atomic E-state index is -2.69. The second-order valence-corrected chi connectivity index (χ2v) is 25.0. The molecule has 1 unspecified atom stereocenters. The van der Waals surface area contributed by atoms with Crippen LogP contribution < -0.4 is 35.0 Å². The van der Waals surface area contributed by atoms with Crippen LogP contribution in [0.3, 0.4) is 0 Å². The molecule has 16 nitrogen and oxygen atoms in total. The Morgan fingerprint density at radius 3 is 1.94 bits per heavy atom. The van der Waals surface area contributed by atoms with Gasteiger partial charge in [-0.25, -0.2) is 0 Å². The normalized spacial score (nSPS) is 18.6. The number of anilines is 2. The number of benzene rings is 4. The molecule has 5 aromatic rings. The van der Waals surface area contributed by atoms with Crippen LogP contribution in [0.5, 0.6) is 17.2 Å². The monoisotopic (exact) mass is 1010 g/mol. The lowest BCUT2D eigenvalue weighted by atomic mass is 9.80. The maximum atomic E-state index is 13.7. The molecule has 7 rings (SSSR count). The van der Waals surface area contributed by atoms with Crippen molar-refractivity contribution in [3.05, 3.63) is 136 Å². The second-order valence-electron chi connectivity index (χ2n) is 18.5. The van der Waals surface area contributed by atoms with E-state index in [-0.39, 0.29) is 40.4 Å². The van der Waals surface area contributed by atoms with Gasteiger partial charge in [0.25, 0.3) is 18.1 Å². The van der Waals surface area contributed by atoms with Gasteiger partial charge in [0.15, 0.2) is 14.9 Å². The molecular weight excluding hydrogens is 948 g/mol. The molecular formula is C51H65N6O10PSSi+. The van der Waals surface area contributed by atoms with Gasteiger partial charge >= 0.3 is 11.2 Å². The van der Waals surface area contributed by atoms with E-state index in [1.807, 2.05) is 84.9 Å². The van der Waals surface area contributed by atoms with Gasteiger partial charge in [-0.3, -0.25) is 19.9 Å². The average Bonchev–Trinajstić information content (AvgIpc) is 3.93. The molecule has 0 saturated carbocycles. The number of carbonyl (C=O) groups is 1. The van der Waals surface area contributed by atoms with Gasteiger partial charge in [-0.2, -0.15) is 19.2 Å². The number of aliphatic imine (C=N–C) groups is 1. The summed E-state index contributed by atoms with van der Waals surface area (Å²) < 4.78 is 52.9. The number of quaternary nitrogens is 1. The van der Waals surface area contributed by atoms with Crippen LogP contribution in [-0.4, -0.2) is 107 Å². The van der Waals surface area contributed by atoms with E-state index in [2.05, 4.69) is 69.9 Å². The summed E-state index contributed by atoms with van der Waals surface area (Å²) in [5.41, 5.74) is 0.730. The summed E-state index contributed by atoms with van der Waals surface area (Å²) in [5.74, 6) is 1.39. The molecule has 0 spiro atoms. The molecule has 0 bridgehead atoms. The fraction of sp³-hybridized carbons (Fsp3) is 0.412. The van der Waals surface area contributed by atoms with Gasteiger partial charge in [-0.05, 0) is 97.0 Å². The number of carbonyl (C=O) groups excluding carboxylic acids is 1. The second kappa shape index (κ2) is 22.5. The average molecular weight is 1010 g/mol. The van der Waals surface area contributed by atoms with Crippen molar-refractivity contribution >= 4 is 57.8 Å². The first-order valence-electron chi connectivity index (χ1n) is 23.5. The number of nitrogens with zero attached hydrogens (tertiary/aromatic N) is 4. The topological polar surface area (TPSA) is 166 Å². The molecule has 2 aliphatic rings. The van der Waals surface area contributed by atoms with E-state index in [4.69, 9.17) is 54.5 Å². The van der Waals surface area contributed by atoms with Gasteiger partial charge in [0.05, 0.1) is 28.4 Å². The Bertz CT molecular complexity index is 2550. The maximum absolute atomic E-state index is 13.7. The van der Waals surface area contributed by atoms with Crippen LogP contribution in [0.2, 0.25) is 18.1 Å². The number of methoxy groups -OCH3 is 2. The number of aromatic nitrogens is 2. The van der Waals surface area contributed by atoms with Crippen molar-refractivity contribution in [2.24, 2.45) is 0 Å². The van der Waals surface area contributed by atoms with Crippen LogP contribution in [-0.2, 0) is 45.7 Å². The first-order valence-corrected chi connectivity index (χ1v) is 28.6. The van der Waals surface area contributed by atoms with Crippen LogP contribution >= 0.6 is 7.58 Å². The number of nitrogens with one attached hydrogen (secondary N) is 2. The van der Waals surface area contributed by atoms with E-state index in [0.717, 1.165) is 16.7 Å². The van der Waals surface area contributed by atoms with E-state index < -0.39 is 57.5 Å². The van der Waals surface area contributed by atoms with E-state index >= 15 is 0 Å². The standard InChI is InChI=1S/C51H65N6O10PSSi/c1-11-57(12-2,13-3)67-68(69)65-44-41(32-63-51(35-20-16-14-17-21-35,36-24-28-38(60-7)29-25-36)37-26-30-39(61-8)31-27-37)64-48(45(44)66-70(9,10)50(4,5)6)56-34-52-43-46(56)54-49(55-47(43)59)53-42(58)33-62-40-22-18-15-19-23-40/h14-31,34,41,44-45,48H,11-13,32-33H2,1-10H3,(H2,53,54,55,58,59)/q+1/t41-,44-,45-,48-,68?/m1/s1. The summed E-state index contributed by atoms with van der Waals surface area (Å²) in [6, 6.07) is 34.5. The van der Waals surface area contributed by atoms with E-state index in [1.165, 1.54) is 6.34 Å². The molecule has 2 N–H and O–H groups in total. The number of hydroxylamine groups is 3. The van der Waals surface area contributed by atoms with Crippen molar-refractivity contribution in [1.82, 2.24) is 15.0 Å². The summed E-state index contributed by atoms with van der Waals surface area (Å²) >= 11 is 6.13. The maximum Gasteiger partial charge on any atom is 0.308 e. The zero-order chi connectivity index (χ0) is 50.3. The lowest BCUT2D eigenvalue weighted by Crippen LogP contribution is -2.53. The van der Waals surface area contributed by atoms with Gasteiger partial charge in [0.2, 0.25) is 12.2 Å². The molecule has 1 amide bonds. The summed E-state index contributed by atoms with van der Waals surface area (Å²) in [5, 5.41) is 2.41. The molecule has 373 valence electrons. The van der Waals surface area contributed by atoms with Crippen molar-refractivity contribution in [1.29, 1.82) is 0 Å². The molecule has 2 aliphatic heterocycles. The number of H-pyrrole nitrogens is 1. The van der Waals surface area contributed by atoms with E-state index in [1.54, 1.807) is 43.4 Å². The minimum Gasteiger partial charge on any atom is -0.694 e. The smallest absolute Gasteiger partial charge is 0.308 e. The zero-order valence-electron chi connectivity index (χ0n) is 41.5. The largest absolute Gasteiger partial charge is 0.694 e. The van der Waals surface area contributed by atoms with Crippen LogP contribution in [0.1, 0.15) is 58.2 Å². The SMILES string of the molecule is CC[N+](CC)(CC)OP([S-])O[C@H]1[C@@H](O[Si](C)(C)C(C)(C)C)[C@H](N2C=[N+]c3c2nc(NC(=O)COc2ccccc2)[nH]c3=O)O[C@@H]1COC(c1ccccc1)(c1ccc(OC)cc1)c1ccc(OC)cc1. The van der Waals surface area contributed by atoms with Crippen LogP contribution in [0.4, 0.5) is 17.5 Å². The molecule has 1 aromatic heterocycles. The number of hydrogen-bond donors (Lipinski definition) is 2. The van der Waals surface area contributed by atoms with Gasteiger partial charge in [-0.15, -0.1) is 0 Å². The lowest BCUT2D eigenvalue weighted by molar-refractivity contribution is -1.08. The van der Waals surface area contributed by atoms with Crippen LogP contribution in [0.15, 0.2) is 114 Å². The predicted molar refractivity (Wildman–Crippen MR) is 277 cm³/mol. The predicted octanol–water partition coefficient (Wildman–Crippen LogP) is 8.71. The Labute approximate surface area is 418 Å². The third kappa shape index (κ3) is 11.5. The number of hydrogen-bond acceptors (Lipinski definition) is 14. The molecule has 1 fully saturated rings.